The minimum absolute atomic E-state index is 0. The molecule has 0 atom stereocenters. The molecular weight excluding hydrogens is 282 g/mol. The lowest BCUT2D eigenvalue weighted by atomic mass is 10.3. The van der Waals surface area contributed by atoms with Crippen molar-refractivity contribution in [1.82, 2.24) is 10.6 Å². The quantitative estimate of drug-likeness (QED) is 0.368. The maximum absolute atomic E-state index is 7.23. The standard InChI is InChI=1S/C12H21N5S.ClH/c1-2-3-7-15-12(17-11(13)14)16-8-6-10-5-4-9-18-10;/h4-5,9H,2-3,6-8H2,1H3,(H5,13,14,15,16,17);1H. The number of guanidine groups is 2. The first kappa shape index (κ1) is 17.7. The fourth-order valence-corrected chi connectivity index (χ4v) is 2.08. The van der Waals surface area contributed by atoms with Crippen LogP contribution in [0.3, 0.4) is 0 Å². The van der Waals surface area contributed by atoms with Gasteiger partial charge in [0.15, 0.2) is 11.9 Å². The van der Waals surface area contributed by atoms with E-state index in [1.54, 1.807) is 11.3 Å². The lowest BCUT2D eigenvalue weighted by Crippen LogP contribution is -2.44. The van der Waals surface area contributed by atoms with Crippen molar-refractivity contribution >= 4 is 35.7 Å². The summed E-state index contributed by atoms with van der Waals surface area (Å²) in [7, 11) is 0. The van der Waals surface area contributed by atoms with E-state index in [2.05, 4.69) is 34.0 Å². The molecule has 5 nitrogen and oxygen atoms in total. The molecule has 7 heteroatoms. The van der Waals surface area contributed by atoms with Crippen molar-refractivity contribution in [2.45, 2.75) is 26.2 Å². The van der Waals surface area contributed by atoms with Crippen LogP contribution in [0.15, 0.2) is 22.5 Å². The highest BCUT2D eigenvalue weighted by molar-refractivity contribution is 7.09. The van der Waals surface area contributed by atoms with Gasteiger partial charge < -0.3 is 11.1 Å². The van der Waals surface area contributed by atoms with Crippen LogP contribution in [0.2, 0.25) is 0 Å². The average Bonchev–Trinajstić information content (AvgIpc) is 2.81. The summed E-state index contributed by atoms with van der Waals surface area (Å²) in [4.78, 5) is 5.71. The first-order valence-electron chi connectivity index (χ1n) is 6.14. The third-order valence-corrected chi connectivity index (χ3v) is 3.22. The monoisotopic (exact) mass is 303 g/mol. The van der Waals surface area contributed by atoms with E-state index in [0.717, 1.165) is 25.8 Å². The molecule has 5 N–H and O–H groups in total. The summed E-state index contributed by atoms with van der Waals surface area (Å²) in [5.74, 6) is 0.501. The van der Waals surface area contributed by atoms with Crippen LogP contribution in [0.25, 0.3) is 0 Å². The Balaban J connectivity index is 0.00000324. The fraction of sp³-hybridized carbons (Fsp3) is 0.500. The van der Waals surface area contributed by atoms with Gasteiger partial charge in [-0.05, 0) is 17.9 Å². The second kappa shape index (κ2) is 10.6. The van der Waals surface area contributed by atoms with Crippen molar-refractivity contribution in [2.24, 2.45) is 10.7 Å². The molecule has 0 aliphatic carbocycles. The number of rotatable bonds is 6. The van der Waals surface area contributed by atoms with E-state index in [0.29, 0.717) is 12.5 Å². The smallest absolute Gasteiger partial charge is 0.198 e. The molecule has 1 rings (SSSR count). The van der Waals surface area contributed by atoms with Gasteiger partial charge in [-0.3, -0.25) is 15.7 Å². The Morgan fingerprint density at radius 1 is 1.53 bits per heavy atom. The zero-order chi connectivity index (χ0) is 13.2. The topological polar surface area (TPSA) is 86.3 Å². The molecule has 0 spiro atoms. The van der Waals surface area contributed by atoms with Gasteiger partial charge in [0.2, 0.25) is 0 Å². The van der Waals surface area contributed by atoms with Crippen molar-refractivity contribution in [2.75, 3.05) is 13.1 Å². The van der Waals surface area contributed by atoms with Gasteiger partial charge in [0.05, 0.1) is 0 Å². The van der Waals surface area contributed by atoms with E-state index in [1.807, 2.05) is 6.07 Å². The molecular formula is C12H22ClN5S. The third-order valence-electron chi connectivity index (χ3n) is 2.28. The Morgan fingerprint density at radius 2 is 2.32 bits per heavy atom. The average molecular weight is 304 g/mol. The number of hydrogen-bond donors (Lipinski definition) is 4. The van der Waals surface area contributed by atoms with E-state index < -0.39 is 0 Å². The minimum atomic E-state index is -0.0890. The van der Waals surface area contributed by atoms with Crippen molar-refractivity contribution in [1.29, 1.82) is 5.41 Å². The van der Waals surface area contributed by atoms with Crippen LogP contribution in [-0.2, 0) is 6.42 Å². The molecule has 1 heterocycles. The summed E-state index contributed by atoms with van der Waals surface area (Å²) in [5.41, 5.74) is 5.32. The van der Waals surface area contributed by atoms with Crippen molar-refractivity contribution in [3.8, 4) is 0 Å². The number of nitrogens with zero attached hydrogens (tertiary/aromatic N) is 1. The number of nitrogens with two attached hydrogens (primary N) is 1. The number of nitrogens with one attached hydrogen (secondary N) is 3. The summed E-state index contributed by atoms with van der Waals surface area (Å²) < 4.78 is 0. The Morgan fingerprint density at radius 3 is 2.89 bits per heavy atom. The van der Waals surface area contributed by atoms with Crippen LogP contribution in [0.4, 0.5) is 0 Å². The van der Waals surface area contributed by atoms with Gasteiger partial charge in [-0.2, -0.15) is 0 Å². The lowest BCUT2D eigenvalue weighted by molar-refractivity contribution is 0.742. The van der Waals surface area contributed by atoms with E-state index in [-0.39, 0.29) is 18.4 Å². The summed E-state index contributed by atoms with van der Waals surface area (Å²) >= 11 is 1.73. The first-order valence-corrected chi connectivity index (χ1v) is 7.02. The van der Waals surface area contributed by atoms with Gasteiger partial charge in [0.1, 0.15) is 0 Å². The molecule has 0 saturated carbocycles. The Bertz CT molecular complexity index is 377. The molecule has 0 amide bonds. The number of hydrogen-bond acceptors (Lipinski definition) is 3. The Labute approximate surface area is 124 Å². The van der Waals surface area contributed by atoms with E-state index in [1.165, 1.54) is 4.88 Å². The van der Waals surface area contributed by atoms with Gasteiger partial charge in [0, 0.05) is 24.4 Å². The summed E-state index contributed by atoms with van der Waals surface area (Å²) in [5, 5.41) is 15.2. The van der Waals surface area contributed by atoms with Gasteiger partial charge in [0.25, 0.3) is 0 Å². The Hall–Kier alpha value is -1.27. The predicted molar refractivity (Wildman–Crippen MR) is 85.5 cm³/mol. The first-order chi connectivity index (χ1) is 8.72. The summed E-state index contributed by atoms with van der Waals surface area (Å²) in [6.45, 7) is 3.66. The second-order valence-corrected chi connectivity index (χ2v) is 4.91. The number of thiophene rings is 1. The molecule has 0 fully saturated rings. The van der Waals surface area contributed by atoms with E-state index in [4.69, 9.17) is 11.1 Å². The van der Waals surface area contributed by atoms with Gasteiger partial charge in [-0.25, -0.2) is 0 Å². The van der Waals surface area contributed by atoms with E-state index in [9.17, 15) is 0 Å². The van der Waals surface area contributed by atoms with Crippen LogP contribution < -0.4 is 16.4 Å². The lowest BCUT2D eigenvalue weighted by Gasteiger charge is -2.10. The van der Waals surface area contributed by atoms with Crippen LogP contribution in [0.1, 0.15) is 24.6 Å². The molecule has 0 unspecified atom stereocenters. The number of unbranched alkanes of at least 4 members (excludes halogenated alkanes) is 1. The number of aliphatic imine (C=N–C) groups is 1. The largest absolute Gasteiger partial charge is 0.370 e. The molecule has 1 aromatic heterocycles. The maximum Gasteiger partial charge on any atom is 0.198 e. The second-order valence-electron chi connectivity index (χ2n) is 3.88. The number of halogens is 1. The highest BCUT2D eigenvalue weighted by Gasteiger charge is 1.99. The molecule has 0 radical (unpaired) electrons. The molecule has 0 aromatic carbocycles. The third kappa shape index (κ3) is 8.45. The van der Waals surface area contributed by atoms with Gasteiger partial charge in [-0.1, -0.05) is 19.4 Å². The summed E-state index contributed by atoms with van der Waals surface area (Å²) in [6, 6.07) is 4.14. The molecule has 108 valence electrons. The zero-order valence-electron chi connectivity index (χ0n) is 11.1. The van der Waals surface area contributed by atoms with E-state index >= 15 is 0 Å². The predicted octanol–water partition coefficient (Wildman–Crippen LogP) is 1.94. The molecule has 0 bridgehead atoms. The highest BCUT2D eigenvalue weighted by Crippen LogP contribution is 2.08. The zero-order valence-corrected chi connectivity index (χ0v) is 12.7. The molecule has 0 aliphatic heterocycles. The maximum atomic E-state index is 7.23. The van der Waals surface area contributed by atoms with Crippen molar-refractivity contribution in [3.63, 3.8) is 0 Å². The minimum Gasteiger partial charge on any atom is -0.370 e. The normalized spacial score (nSPS) is 10.7. The van der Waals surface area contributed by atoms with Crippen LogP contribution in [0, 0.1) is 5.41 Å². The Kier molecular flexibility index (Phi) is 9.92. The fourth-order valence-electron chi connectivity index (χ4n) is 1.38. The van der Waals surface area contributed by atoms with Gasteiger partial charge >= 0.3 is 0 Å². The molecule has 0 saturated heterocycles. The SMILES string of the molecule is CCCCNC(=NCCc1cccs1)NC(=N)N.Cl. The van der Waals surface area contributed by atoms with Crippen molar-refractivity contribution in [3.05, 3.63) is 22.4 Å². The van der Waals surface area contributed by atoms with Crippen LogP contribution >= 0.6 is 23.7 Å². The van der Waals surface area contributed by atoms with Crippen molar-refractivity contribution < 1.29 is 0 Å². The summed E-state index contributed by atoms with van der Waals surface area (Å²) in [6.07, 6.45) is 3.11. The highest BCUT2D eigenvalue weighted by atomic mass is 35.5. The van der Waals surface area contributed by atoms with Crippen LogP contribution in [0.5, 0.6) is 0 Å². The molecule has 19 heavy (non-hydrogen) atoms. The van der Waals surface area contributed by atoms with Gasteiger partial charge in [-0.15, -0.1) is 23.7 Å². The molecule has 0 aliphatic rings. The van der Waals surface area contributed by atoms with Crippen LogP contribution in [-0.4, -0.2) is 25.0 Å². The molecule has 1 aromatic rings.